The lowest BCUT2D eigenvalue weighted by Crippen LogP contribution is -2.36. The molecule has 21 heteroatoms. The van der Waals surface area contributed by atoms with Crippen LogP contribution >= 0.6 is 15.6 Å². The lowest BCUT2D eigenvalue weighted by molar-refractivity contribution is -0.161. The third-order valence-electron chi connectivity index (χ3n) is 11.6. The van der Waals surface area contributed by atoms with Gasteiger partial charge in [-0.05, 0) is 76.7 Å². The minimum absolute atomic E-state index is 0.0261. The van der Waals surface area contributed by atoms with Gasteiger partial charge in [-0.2, -0.15) is 9.29 Å². The fourth-order valence-electron chi connectivity index (χ4n) is 7.50. The molecule has 8 atom stereocenters. The smallest absolute Gasteiger partial charge is 0.462 e. The Morgan fingerprint density at radius 2 is 1.30 bits per heavy atom. The van der Waals surface area contributed by atoms with Gasteiger partial charge in [0.25, 0.3) is 0 Å². The van der Waals surface area contributed by atoms with Crippen LogP contribution in [0.25, 0.3) is 0 Å². The molecule has 0 radical (unpaired) electrons. The van der Waals surface area contributed by atoms with Gasteiger partial charge >= 0.3 is 33.3 Å². The van der Waals surface area contributed by atoms with Gasteiger partial charge in [-0.3, -0.25) is 23.2 Å². The summed E-state index contributed by atoms with van der Waals surface area (Å²) < 4.78 is 56.8. The number of allylic oxidation sites excluding steroid dienone is 11. The second kappa shape index (κ2) is 40.4. The number of aliphatic hydroxyl groups excluding tert-OH is 3. The maximum absolute atomic E-state index is 12.9. The van der Waals surface area contributed by atoms with Gasteiger partial charge in [-0.1, -0.05) is 157 Å². The van der Waals surface area contributed by atoms with Crippen molar-refractivity contribution in [2.24, 2.45) is 0 Å². The average molecular weight is 1080 g/mol. The van der Waals surface area contributed by atoms with Crippen molar-refractivity contribution in [3.63, 3.8) is 0 Å². The SMILES string of the molecule is CC/C=C/C/C=C/C=C/C(O)CCCCCCCC(=O)O[C@H](COC(=O)CCCCCCCC/C=C\C/C=C\C/C=C\CCCCCC)COP(=O)(O)OP(=O)(O)OC[C@H]1O[C@@H](n2ccc(N)nc2=O)[C@H](O)[C@@H]1O. The molecule has 1 aromatic rings. The Morgan fingerprint density at radius 3 is 1.95 bits per heavy atom. The van der Waals surface area contributed by atoms with Gasteiger partial charge in [0.05, 0.1) is 19.3 Å². The van der Waals surface area contributed by atoms with Crippen LogP contribution in [0.4, 0.5) is 5.82 Å². The van der Waals surface area contributed by atoms with Crippen molar-refractivity contribution in [3.05, 3.63) is 95.7 Å². The van der Waals surface area contributed by atoms with Gasteiger partial charge in [-0.25, -0.2) is 13.9 Å². The van der Waals surface area contributed by atoms with Crippen molar-refractivity contribution in [2.45, 2.75) is 205 Å². The molecule has 0 spiro atoms. The van der Waals surface area contributed by atoms with Crippen LogP contribution in [0.3, 0.4) is 0 Å². The molecule has 420 valence electrons. The van der Waals surface area contributed by atoms with E-state index in [1.165, 1.54) is 31.7 Å². The van der Waals surface area contributed by atoms with Crippen LogP contribution in [0.1, 0.15) is 174 Å². The molecule has 0 aliphatic carbocycles. The highest BCUT2D eigenvalue weighted by Crippen LogP contribution is 2.60. The minimum atomic E-state index is -5.45. The Balaban J connectivity index is 1.81. The molecule has 0 saturated carbocycles. The van der Waals surface area contributed by atoms with E-state index in [1.807, 2.05) is 18.2 Å². The van der Waals surface area contributed by atoms with Gasteiger partial charge in [0.2, 0.25) is 0 Å². The lowest BCUT2D eigenvalue weighted by Gasteiger charge is -2.21. The zero-order valence-corrected chi connectivity index (χ0v) is 45.5. The van der Waals surface area contributed by atoms with E-state index in [9.17, 15) is 48.6 Å². The van der Waals surface area contributed by atoms with E-state index in [1.54, 1.807) is 6.08 Å². The lowest BCUT2D eigenvalue weighted by atomic mass is 10.1. The molecule has 1 aliphatic rings. The molecule has 7 N–H and O–H groups in total. The summed E-state index contributed by atoms with van der Waals surface area (Å²) in [6, 6.07) is 1.24. The van der Waals surface area contributed by atoms with E-state index < -0.39 is 89.8 Å². The number of aromatic nitrogens is 2. The summed E-state index contributed by atoms with van der Waals surface area (Å²) in [7, 11) is -10.9. The second-order valence-electron chi connectivity index (χ2n) is 18.2. The molecule has 19 nitrogen and oxygen atoms in total. The molecule has 2 heterocycles. The van der Waals surface area contributed by atoms with Crippen LogP contribution in [-0.2, 0) is 46.3 Å². The standard InChI is InChI=1S/C53H87N3O16P2/c1-3-5-7-9-11-12-13-14-15-16-17-18-19-20-21-22-23-25-29-33-37-48(58)67-41-45(70-49(59)38-34-30-26-28-32-36-44(57)35-31-27-24-10-8-6-4-2)42-68-73(63,64)72-74(65,66)69-43-46-50(60)51(61)52(71-46)56-40-39-47(54)55-53(56)62/h6,8,12-13,15-16,18-19,24,27,31,35,39-40,44-46,50-52,57,60-61H,3-5,7,9-11,14,17,20-23,25-26,28-30,32-34,36-38,41-43H2,1-2H3,(H,63,64)(H,65,66)(H2,54,55,62)/b8-6+,13-12-,16-15-,19-18-,27-24+,35-31+/t44?,45-,46-,50-,51-,52-/m1/s1. The molecule has 0 aromatic carbocycles. The molecule has 1 saturated heterocycles. The van der Waals surface area contributed by atoms with E-state index in [2.05, 4.69) is 71.8 Å². The zero-order valence-electron chi connectivity index (χ0n) is 43.7. The third kappa shape index (κ3) is 32.6. The summed E-state index contributed by atoms with van der Waals surface area (Å²) in [4.78, 5) is 62.0. The summed E-state index contributed by atoms with van der Waals surface area (Å²) in [5.74, 6) is -1.40. The number of hydrogen-bond donors (Lipinski definition) is 6. The van der Waals surface area contributed by atoms with Crippen molar-refractivity contribution < 1.29 is 71.4 Å². The number of nitrogens with zero attached hydrogens (tertiary/aromatic N) is 2. The normalized spacial score (nSPS) is 19.9. The summed E-state index contributed by atoms with van der Waals surface area (Å²) in [5, 5.41) is 31.1. The van der Waals surface area contributed by atoms with Crippen LogP contribution in [-0.4, -0.2) is 96.9 Å². The van der Waals surface area contributed by atoms with Gasteiger partial charge in [0, 0.05) is 19.0 Å². The van der Waals surface area contributed by atoms with Crippen LogP contribution in [0, 0.1) is 0 Å². The number of nitrogen functional groups attached to an aromatic ring is 1. The van der Waals surface area contributed by atoms with Crippen LogP contribution in [0.5, 0.6) is 0 Å². The third-order valence-corrected chi connectivity index (χ3v) is 14.2. The average Bonchev–Trinajstić information content (AvgIpc) is 3.63. The number of nitrogens with two attached hydrogens (primary N) is 1. The highest BCUT2D eigenvalue weighted by molar-refractivity contribution is 7.61. The van der Waals surface area contributed by atoms with Crippen LogP contribution < -0.4 is 11.4 Å². The molecular formula is C53H87N3O16P2. The molecule has 0 bridgehead atoms. The molecule has 74 heavy (non-hydrogen) atoms. The maximum atomic E-state index is 12.9. The van der Waals surface area contributed by atoms with Crippen molar-refractivity contribution in [1.29, 1.82) is 0 Å². The van der Waals surface area contributed by atoms with Gasteiger partial charge in [-0.15, -0.1) is 0 Å². The number of esters is 2. The first-order valence-corrected chi connectivity index (χ1v) is 29.5. The number of anilines is 1. The molecule has 1 aromatic heterocycles. The Labute approximate surface area is 438 Å². The summed E-state index contributed by atoms with van der Waals surface area (Å²) in [6.45, 7) is 1.90. The van der Waals surface area contributed by atoms with E-state index in [-0.39, 0.29) is 18.7 Å². The maximum Gasteiger partial charge on any atom is 0.481 e. The molecule has 2 rings (SSSR count). The molecule has 3 unspecified atom stereocenters. The monoisotopic (exact) mass is 1080 g/mol. The second-order valence-corrected chi connectivity index (χ2v) is 21.2. The molecule has 1 aliphatic heterocycles. The number of phosphoric acid groups is 2. The van der Waals surface area contributed by atoms with Crippen LogP contribution in [0.2, 0.25) is 0 Å². The highest BCUT2D eigenvalue weighted by Gasteiger charge is 2.46. The van der Waals surface area contributed by atoms with E-state index >= 15 is 0 Å². The van der Waals surface area contributed by atoms with Crippen molar-refractivity contribution in [3.8, 4) is 0 Å². The van der Waals surface area contributed by atoms with E-state index in [0.29, 0.717) is 25.7 Å². The molecule has 1 fully saturated rings. The van der Waals surface area contributed by atoms with E-state index in [0.717, 1.165) is 101 Å². The number of carbonyl (C=O) groups excluding carboxylic acids is 2. The Morgan fingerprint density at radius 1 is 0.730 bits per heavy atom. The van der Waals surface area contributed by atoms with E-state index in [4.69, 9.17) is 29.0 Å². The minimum Gasteiger partial charge on any atom is -0.462 e. The molecule has 0 amide bonds. The highest BCUT2D eigenvalue weighted by atomic mass is 31.3. The number of carbonyl (C=O) groups is 2. The number of ether oxygens (including phenoxy) is 3. The predicted octanol–water partition coefficient (Wildman–Crippen LogP) is 10.3. The first-order chi connectivity index (χ1) is 35.6. The zero-order chi connectivity index (χ0) is 54.3. The van der Waals surface area contributed by atoms with Gasteiger partial charge in [0.15, 0.2) is 12.3 Å². The first-order valence-electron chi connectivity index (χ1n) is 26.6. The summed E-state index contributed by atoms with van der Waals surface area (Å²) in [5.41, 5.74) is 4.58. The van der Waals surface area contributed by atoms with Crippen LogP contribution in [0.15, 0.2) is 90.0 Å². The Hall–Kier alpha value is -3.84. The number of rotatable bonds is 43. The quantitative estimate of drug-likeness (QED) is 0.0117. The first kappa shape index (κ1) is 66.3. The molecular weight excluding hydrogens is 997 g/mol. The van der Waals surface area contributed by atoms with Crippen molar-refractivity contribution in [2.75, 3.05) is 25.6 Å². The fraction of sp³-hybridized carbons (Fsp3) is 0.660. The Bertz CT molecular complexity index is 2040. The topological polar surface area (TPSA) is 286 Å². The Kier molecular flexibility index (Phi) is 36.2. The summed E-state index contributed by atoms with van der Waals surface area (Å²) >= 11 is 0. The number of unbranched alkanes of at least 4 members (excludes halogenated alkanes) is 14. The largest absolute Gasteiger partial charge is 0.481 e. The fourth-order valence-corrected chi connectivity index (χ4v) is 9.61. The van der Waals surface area contributed by atoms with Gasteiger partial charge in [0.1, 0.15) is 30.7 Å². The number of phosphoric ester groups is 2. The van der Waals surface area contributed by atoms with Gasteiger partial charge < -0.3 is 45.1 Å². The summed E-state index contributed by atoms with van der Waals surface area (Å²) in [6.07, 6.45) is 38.4. The number of hydrogen-bond acceptors (Lipinski definition) is 16. The number of aliphatic hydroxyl groups is 3. The van der Waals surface area contributed by atoms with Crippen molar-refractivity contribution in [1.82, 2.24) is 9.55 Å². The van der Waals surface area contributed by atoms with Crippen molar-refractivity contribution >= 4 is 33.4 Å². The predicted molar refractivity (Wildman–Crippen MR) is 285 cm³/mol.